The number of carbonyl (C=O) groups is 1. The van der Waals surface area contributed by atoms with Crippen LogP contribution in [0.15, 0.2) is 18.2 Å². The highest BCUT2D eigenvalue weighted by atomic mass is 79.9. The largest absolute Gasteiger partial charge is 0.482 e. The zero-order chi connectivity index (χ0) is 10.8. The number of benzene rings is 1. The van der Waals surface area contributed by atoms with E-state index in [4.69, 9.17) is 4.74 Å². The van der Waals surface area contributed by atoms with Crippen molar-refractivity contribution in [3.05, 3.63) is 23.8 Å². The van der Waals surface area contributed by atoms with Crippen LogP contribution in [0.2, 0.25) is 0 Å². The van der Waals surface area contributed by atoms with Crippen molar-refractivity contribution in [2.75, 3.05) is 11.9 Å². The van der Waals surface area contributed by atoms with E-state index in [-0.39, 0.29) is 12.5 Å². The van der Waals surface area contributed by atoms with Gasteiger partial charge in [-0.05, 0) is 24.1 Å². The number of alkyl halides is 1. The van der Waals surface area contributed by atoms with Crippen molar-refractivity contribution in [1.82, 2.24) is 0 Å². The molecule has 1 unspecified atom stereocenters. The molecule has 15 heavy (non-hydrogen) atoms. The summed E-state index contributed by atoms with van der Waals surface area (Å²) in [5, 5.41) is 2.79. The van der Waals surface area contributed by atoms with E-state index in [2.05, 4.69) is 28.2 Å². The SMILES string of the molecule is CCC(Br)c1ccc2c(c1)NC(=O)CO2. The third-order valence-electron chi connectivity index (χ3n) is 2.36. The average molecular weight is 270 g/mol. The summed E-state index contributed by atoms with van der Waals surface area (Å²) in [5.41, 5.74) is 1.92. The number of fused-ring (bicyclic) bond motifs is 1. The molecule has 80 valence electrons. The zero-order valence-corrected chi connectivity index (χ0v) is 10.0. The van der Waals surface area contributed by atoms with Crippen LogP contribution in [-0.4, -0.2) is 12.5 Å². The summed E-state index contributed by atoms with van der Waals surface area (Å²) in [7, 11) is 0. The van der Waals surface area contributed by atoms with Crippen LogP contribution >= 0.6 is 15.9 Å². The lowest BCUT2D eigenvalue weighted by molar-refractivity contribution is -0.118. The van der Waals surface area contributed by atoms with Gasteiger partial charge in [0.25, 0.3) is 5.91 Å². The van der Waals surface area contributed by atoms with Gasteiger partial charge in [-0.25, -0.2) is 0 Å². The first-order chi connectivity index (χ1) is 7.20. The third-order valence-corrected chi connectivity index (χ3v) is 3.53. The number of rotatable bonds is 2. The quantitative estimate of drug-likeness (QED) is 0.839. The van der Waals surface area contributed by atoms with Crippen molar-refractivity contribution in [3.63, 3.8) is 0 Å². The molecule has 0 spiro atoms. The minimum absolute atomic E-state index is 0.0951. The summed E-state index contributed by atoms with van der Waals surface area (Å²) in [6, 6.07) is 5.86. The third kappa shape index (κ3) is 2.15. The van der Waals surface area contributed by atoms with Crippen LogP contribution in [0.1, 0.15) is 23.7 Å². The number of anilines is 1. The lowest BCUT2D eigenvalue weighted by atomic mass is 10.1. The second-order valence-corrected chi connectivity index (χ2v) is 4.57. The van der Waals surface area contributed by atoms with Gasteiger partial charge in [0.2, 0.25) is 0 Å². The van der Waals surface area contributed by atoms with Crippen LogP contribution in [-0.2, 0) is 4.79 Å². The van der Waals surface area contributed by atoms with Crippen LogP contribution in [0.4, 0.5) is 5.69 Å². The Morgan fingerprint density at radius 3 is 3.13 bits per heavy atom. The first-order valence-corrected chi connectivity index (χ1v) is 5.83. The van der Waals surface area contributed by atoms with E-state index in [1.165, 1.54) is 0 Å². The van der Waals surface area contributed by atoms with Gasteiger partial charge in [0.1, 0.15) is 5.75 Å². The molecule has 1 aliphatic rings. The van der Waals surface area contributed by atoms with Crippen LogP contribution in [0.3, 0.4) is 0 Å². The molecule has 0 saturated carbocycles. The Hall–Kier alpha value is -1.03. The van der Waals surface area contributed by atoms with Gasteiger partial charge >= 0.3 is 0 Å². The van der Waals surface area contributed by atoms with Gasteiger partial charge in [-0.1, -0.05) is 28.9 Å². The minimum Gasteiger partial charge on any atom is -0.482 e. The Morgan fingerprint density at radius 1 is 1.60 bits per heavy atom. The number of hydrogen-bond donors (Lipinski definition) is 1. The van der Waals surface area contributed by atoms with Gasteiger partial charge in [0.05, 0.1) is 5.69 Å². The van der Waals surface area contributed by atoms with E-state index in [0.717, 1.165) is 23.4 Å². The highest BCUT2D eigenvalue weighted by Crippen LogP contribution is 2.34. The van der Waals surface area contributed by atoms with Gasteiger partial charge in [0.15, 0.2) is 6.61 Å². The second-order valence-electron chi connectivity index (χ2n) is 3.47. The first-order valence-electron chi connectivity index (χ1n) is 4.91. The van der Waals surface area contributed by atoms with Crippen LogP contribution in [0, 0.1) is 0 Å². The lowest BCUT2D eigenvalue weighted by Gasteiger charge is -2.19. The summed E-state index contributed by atoms with van der Waals surface area (Å²) >= 11 is 3.57. The number of halogens is 1. The first kappa shape index (κ1) is 10.5. The lowest BCUT2D eigenvalue weighted by Crippen LogP contribution is -2.25. The van der Waals surface area contributed by atoms with Crippen molar-refractivity contribution < 1.29 is 9.53 Å². The molecular weight excluding hydrogens is 258 g/mol. The Balaban J connectivity index is 2.32. The topological polar surface area (TPSA) is 38.3 Å². The Labute approximate surface area is 96.9 Å². The van der Waals surface area contributed by atoms with Gasteiger partial charge in [0, 0.05) is 4.83 Å². The predicted octanol–water partition coefficient (Wildman–Crippen LogP) is 2.86. The van der Waals surface area contributed by atoms with Crippen molar-refractivity contribution in [2.45, 2.75) is 18.2 Å². The molecule has 0 aliphatic carbocycles. The van der Waals surface area contributed by atoms with Crippen molar-refractivity contribution in [1.29, 1.82) is 0 Å². The number of carbonyl (C=O) groups excluding carboxylic acids is 1. The molecule has 1 N–H and O–H groups in total. The summed E-state index contributed by atoms with van der Waals surface area (Å²) in [6.07, 6.45) is 1.01. The maximum absolute atomic E-state index is 11.1. The molecule has 1 amide bonds. The second kappa shape index (κ2) is 4.23. The Kier molecular flexibility index (Phi) is 2.95. The highest BCUT2D eigenvalue weighted by molar-refractivity contribution is 9.09. The molecule has 0 aromatic heterocycles. The zero-order valence-electron chi connectivity index (χ0n) is 8.42. The minimum atomic E-state index is -0.0951. The maximum Gasteiger partial charge on any atom is 0.262 e. The molecule has 0 radical (unpaired) electrons. The fraction of sp³-hybridized carbons (Fsp3) is 0.364. The Morgan fingerprint density at radius 2 is 2.40 bits per heavy atom. The molecule has 1 aromatic carbocycles. The van der Waals surface area contributed by atoms with E-state index in [1.54, 1.807) is 0 Å². The van der Waals surface area contributed by atoms with E-state index >= 15 is 0 Å². The fourth-order valence-electron chi connectivity index (χ4n) is 1.53. The molecule has 1 atom stereocenters. The molecule has 1 heterocycles. The number of ether oxygens (including phenoxy) is 1. The Bertz CT molecular complexity index is 392. The van der Waals surface area contributed by atoms with Gasteiger partial charge in [-0.2, -0.15) is 0 Å². The average Bonchev–Trinajstić information content (AvgIpc) is 2.27. The monoisotopic (exact) mass is 269 g/mol. The molecule has 0 fully saturated rings. The van der Waals surface area contributed by atoms with E-state index in [0.29, 0.717) is 4.83 Å². The maximum atomic E-state index is 11.1. The standard InChI is InChI=1S/C11H12BrNO2/c1-2-8(12)7-3-4-10-9(5-7)13-11(14)6-15-10/h3-5,8H,2,6H2,1H3,(H,13,14). The van der Waals surface area contributed by atoms with E-state index in [1.807, 2.05) is 18.2 Å². The molecule has 0 saturated heterocycles. The summed E-state index contributed by atoms with van der Waals surface area (Å²) < 4.78 is 5.28. The molecule has 0 bridgehead atoms. The summed E-state index contributed by atoms with van der Waals surface area (Å²) in [4.78, 5) is 11.4. The summed E-state index contributed by atoms with van der Waals surface area (Å²) in [6.45, 7) is 2.21. The predicted molar refractivity (Wildman–Crippen MR) is 62.5 cm³/mol. The van der Waals surface area contributed by atoms with Crippen molar-refractivity contribution in [2.24, 2.45) is 0 Å². The number of nitrogens with one attached hydrogen (secondary N) is 1. The van der Waals surface area contributed by atoms with E-state index in [9.17, 15) is 4.79 Å². The molecule has 3 nitrogen and oxygen atoms in total. The van der Waals surface area contributed by atoms with Gasteiger partial charge < -0.3 is 10.1 Å². The number of amides is 1. The van der Waals surface area contributed by atoms with Crippen molar-refractivity contribution >= 4 is 27.5 Å². The van der Waals surface area contributed by atoms with Crippen molar-refractivity contribution in [3.8, 4) is 5.75 Å². The van der Waals surface area contributed by atoms with Crippen LogP contribution in [0.5, 0.6) is 5.75 Å². The van der Waals surface area contributed by atoms with Gasteiger partial charge in [-0.3, -0.25) is 4.79 Å². The smallest absolute Gasteiger partial charge is 0.262 e. The molecule has 1 aromatic rings. The fourth-order valence-corrected chi connectivity index (χ4v) is 1.82. The molecule has 2 rings (SSSR count). The highest BCUT2D eigenvalue weighted by Gasteiger charge is 2.17. The van der Waals surface area contributed by atoms with E-state index < -0.39 is 0 Å². The molecular formula is C11H12BrNO2. The summed E-state index contributed by atoms with van der Waals surface area (Å²) in [5.74, 6) is 0.649. The number of hydrogen-bond acceptors (Lipinski definition) is 2. The van der Waals surface area contributed by atoms with Crippen LogP contribution in [0.25, 0.3) is 0 Å². The molecule has 1 aliphatic heterocycles. The van der Waals surface area contributed by atoms with Crippen LogP contribution < -0.4 is 10.1 Å². The van der Waals surface area contributed by atoms with Gasteiger partial charge in [-0.15, -0.1) is 0 Å². The normalized spacial score (nSPS) is 16.3. The molecule has 4 heteroatoms.